The van der Waals surface area contributed by atoms with E-state index in [2.05, 4.69) is 135 Å². The van der Waals surface area contributed by atoms with Gasteiger partial charge in [-0.15, -0.1) is 0 Å². The van der Waals surface area contributed by atoms with Gasteiger partial charge in [0.1, 0.15) is 19.8 Å². The number of likely N-dealkylation sites (N-methyl/N-ethyl adjacent to an activating group) is 1. The van der Waals surface area contributed by atoms with E-state index in [9.17, 15) is 19.0 Å². The zero-order chi connectivity index (χ0) is 59.8. The molecule has 0 saturated carbocycles. The van der Waals surface area contributed by atoms with E-state index in [1.54, 1.807) is 0 Å². The van der Waals surface area contributed by atoms with E-state index in [0.717, 1.165) is 103 Å². The molecule has 0 saturated heterocycles. The van der Waals surface area contributed by atoms with Crippen LogP contribution >= 0.6 is 7.82 Å². The third kappa shape index (κ3) is 65.6. The summed E-state index contributed by atoms with van der Waals surface area (Å²) in [6.07, 6.45) is 88.3. The molecule has 0 aliphatic heterocycles. The molecule has 0 aromatic carbocycles. The second-order valence-electron chi connectivity index (χ2n) is 23.1. The number of quaternary nitrogens is 1. The third-order valence-corrected chi connectivity index (χ3v) is 14.9. The van der Waals surface area contributed by atoms with E-state index in [1.807, 2.05) is 21.1 Å². The van der Waals surface area contributed by atoms with Crippen LogP contribution in [0.4, 0.5) is 0 Å². The van der Waals surface area contributed by atoms with Gasteiger partial charge in [-0.2, -0.15) is 0 Å². The summed E-state index contributed by atoms with van der Waals surface area (Å²) in [4.78, 5) is 38.0. The van der Waals surface area contributed by atoms with Gasteiger partial charge in [0.05, 0.1) is 27.7 Å². The van der Waals surface area contributed by atoms with E-state index in [4.69, 9.17) is 18.5 Å². The van der Waals surface area contributed by atoms with Gasteiger partial charge >= 0.3 is 11.9 Å². The largest absolute Gasteiger partial charge is 0.756 e. The van der Waals surface area contributed by atoms with Crippen molar-refractivity contribution in [3.05, 3.63) is 122 Å². The Balaban J connectivity index is 4.15. The predicted octanol–water partition coefficient (Wildman–Crippen LogP) is 20.9. The first-order chi connectivity index (χ1) is 40.0. The Morgan fingerprint density at radius 3 is 1.04 bits per heavy atom. The van der Waals surface area contributed by atoms with Gasteiger partial charge in [0.25, 0.3) is 7.82 Å². The normalized spacial score (nSPS) is 14.0. The molecule has 0 aromatic rings. The van der Waals surface area contributed by atoms with Gasteiger partial charge in [-0.05, 0) is 109 Å². The molecule has 0 spiro atoms. The van der Waals surface area contributed by atoms with Crippen molar-refractivity contribution in [2.45, 2.75) is 277 Å². The molecule has 2 atom stereocenters. The van der Waals surface area contributed by atoms with Crippen molar-refractivity contribution in [1.29, 1.82) is 0 Å². The lowest BCUT2D eigenvalue weighted by atomic mass is 10.0. The zero-order valence-corrected chi connectivity index (χ0v) is 54.3. The highest BCUT2D eigenvalue weighted by Crippen LogP contribution is 2.38. The highest BCUT2D eigenvalue weighted by atomic mass is 31.2. The first-order valence-corrected chi connectivity index (χ1v) is 34.7. The van der Waals surface area contributed by atoms with Gasteiger partial charge in [-0.1, -0.05) is 270 Å². The van der Waals surface area contributed by atoms with Gasteiger partial charge in [0.2, 0.25) is 0 Å². The molecule has 9 nitrogen and oxygen atoms in total. The Bertz CT molecular complexity index is 1800. The molecule has 0 aromatic heterocycles. The maximum atomic E-state index is 12.8. The summed E-state index contributed by atoms with van der Waals surface area (Å²) >= 11 is 0. The summed E-state index contributed by atoms with van der Waals surface area (Å²) in [5.41, 5.74) is 0. The lowest BCUT2D eigenvalue weighted by molar-refractivity contribution is -0.870. The summed E-state index contributed by atoms with van der Waals surface area (Å²) in [6, 6.07) is 0. The fourth-order valence-corrected chi connectivity index (χ4v) is 9.61. The second kappa shape index (κ2) is 62.0. The van der Waals surface area contributed by atoms with E-state index in [1.165, 1.54) is 135 Å². The summed E-state index contributed by atoms with van der Waals surface area (Å²) < 4.78 is 34.3. The molecular formula is C72H124NO8P. The fraction of sp³-hybridized carbons (Fsp3) is 0.694. The molecule has 470 valence electrons. The van der Waals surface area contributed by atoms with Crippen LogP contribution in [0.25, 0.3) is 0 Å². The van der Waals surface area contributed by atoms with Crippen molar-refractivity contribution in [1.82, 2.24) is 0 Å². The zero-order valence-electron chi connectivity index (χ0n) is 53.4. The van der Waals surface area contributed by atoms with E-state index >= 15 is 0 Å². The standard InChI is InChI=1S/C72H124NO8P/c1-6-8-10-12-14-16-18-20-22-24-26-28-30-32-34-36-38-40-42-44-46-48-50-52-54-56-58-60-62-64-71(74)78-68-70(69-80-82(76,77)79-67-66-73(3,4)5)81-72(75)65-63-61-59-57-55-53-51-49-47-45-43-41-39-37-35-33-31-29-27-25-23-21-19-17-15-13-11-9-7-2/h9,11,15,17-18,20-21,23-24,26-27,29-30,32-33,35,39,41,45,47,70H,6-8,10,12-14,16,19,22,25,28,31,34,36-38,40,42-44,46,48-69H2,1-5H3/b11-9-,17-15-,20-18-,23-21-,26-24-,29-27-,32-30-,35-33-,41-39-,47-45-. The molecular weight excluding hydrogens is 1040 g/mol. The molecule has 0 aliphatic rings. The minimum Gasteiger partial charge on any atom is -0.756 e. The number of carbonyl (C=O) groups is 2. The monoisotopic (exact) mass is 1160 g/mol. The number of esters is 2. The molecule has 0 N–H and O–H groups in total. The number of carbonyl (C=O) groups excluding carboxylic acids is 2. The Morgan fingerprint density at radius 1 is 0.390 bits per heavy atom. The molecule has 2 unspecified atom stereocenters. The number of phosphoric ester groups is 1. The number of rotatable bonds is 60. The predicted molar refractivity (Wildman–Crippen MR) is 351 cm³/mol. The van der Waals surface area contributed by atoms with Crippen LogP contribution in [-0.4, -0.2) is 70.0 Å². The second-order valence-corrected chi connectivity index (χ2v) is 24.5. The van der Waals surface area contributed by atoms with Crippen molar-refractivity contribution >= 4 is 19.8 Å². The quantitative estimate of drug-likeness (QED) is 0.0195. The molecule has 0 heterocycles. The Labute approximate surface area is 505 Å². The van der Waals surface area contributed by atoms with Crippen molar-refractivity contribution in [3.63, 3.8) is 0 Å². The van der Waals surface area contributed by atoms with Gasteiger partial charge in [-0.3, -0.25) is 14.2 Å². The first kappa shape index (κ1) is 78.4. The minimum absolute atomic E-state index is 0.0391. The topological polar surface area (TPSA) is 111 Å². The maximum absolute atomic E-state index is 12.8. The SMILES string of the molecule is CC/C=C\C/C=C\C/C=C\C/C=C\C/C=C\C/C=C\C/C=C\CCCCCCCCCC(=O)OC(COC(=O)CCCCCCCCCCCCCCCC/C=C\C/C=C\C/C=C\CCCCCCC)COP(=O)([O-])OCC[N+](C)(C)C. The minimum atomic E-state index is -4.65. The number of hydrogen-bond acceptors (Lipinski definition) is 8. The average Bonchev–Trinajstić information content (AvgIpc) is 3.45. The lowest BCUT2D eigenvalue weighted by Crippen LogP contribution is -2.37. The first-order valence-electron chi connectivity index (χ1n) is 33.2. The van der Waals surface area contributed by atoms with Crippen molar-refractivity contribution in [3.8, 4) is 0 Å². The van der Waals surface area contributed by atoms with Gasteiger partial charge in [-0.25, -0.2) is 0 Å². The molecule has 0 fully saturated rings. The number of nitrogens with zero attached hydrogens (tertiary/aromatic N) is 1. The van der Waals surface area contributed by atoms with Crippen LogP contribution in [0.2, 0.25) is 0 Å². The fourth-order valence-electron chi connectivity index (χ4n) is 8.88. The van der Waals surface area contributed by atoms with Crippen LogP contribution in [0.3, 0.4) is 0 Å². The molecule has 82 heavy (non-hydrogen) atoms. The Kier molecular flexibility index (Phi) is 59.2. The number of hydrogen-bond donors (Lipinski definition) is 0. The van der Waals surface area contributed by atoms with Crippen LogP contribution in [0.1, 0.15) is 271 Å². The Morgan fingerprint density at radius 2 is 0.695 bits per heavy atom. The highest BCUT2D eigenvalue weighted by Gasteiger charge is 2.22. The molecule has 10 heteroatoms. The molecule has 0 radical (unpaired) electrons. The van der Waals surface area contributed by atoms with Gasteiger partial charge in [0.15, 0.2) is 6.10 Å². The van der Waals surface area contributed by atoms with Crippen molar-refractivity contribution < 1.29 is 42.1 Å². The highest BCUT2D eigenvalue weighted by molar-refractivity contribution is 7.45. The number of allylic oxidation sites excluding steroid dienone is 20. The van der Waals surface area contributed by atoms with Crippen LogP contribution in [-0.2, 0) is 32.7 Å². The summed E-state index contributed by atoms with van der Waals surface area (Å²) in [5.74, 6) is -0.849. The van der Waals surface area contributed by atoms with Gasteiger partial charge < -0.3 is 27.9 Å². The molecule has 0 rings (SSSR count). The van der Waals surface area contributed by atoms with E-state index in [0.29, 0.717) is 17.4 Å². The molecule has 0 aliphatic carbocycles. The summed E-state index contributed by atoms with van der Waals surface area (Å²) in [5, 5.41) is 0. The third-order valence-electron chi connectivity index (χ3n) is 14.0. The van der Waals surface area contributed by atoms with Gasteiger partial charge in [0, 0.05) is 12.8 Å². The van der Waals surface area contributed by atoms with Crippen LogP contribution in [0, 0.1) is 0 Å². The number of unbranched alkanes of at least 4 members (excludes halogenated alkanes) is 26. The summed E-state index contributed by atoms with van der Waals surface area (Å²) in [6.45, 7) is 4.11. The molecule has 0 bridgehead atoms. The van der Waals surface area contributed by atoms with Crippen LogP contribution in [0.15, 0.2) is 122 Å². The van der Waals surface area contributed by atoms with Crippen molar-refractivity contribution in [2.24, 2.45) is 0 Å². The van der Waals surface area contributed by atoms with Crippen LogP contribution < -0.4 is 4.89 Å². The maximum Gasteiger partial charge on any atom is 0.306 e. The Hall–Kier alpha value is -3.59. The lowest BCUT2D eigenvalue weighted by Gasteiger charge is -2.28. The summed E-state index contributed by atoms with van der Waals surface area (Å²) in [7, 11) is 1.15. The van der Waals surface area contributed by atoms with E-state index in [-0.39, 0.29) is 32.0 Å². The number of phosphoric acid groups is 1. The number of ether oxygens (including phenoxy) is 2. The van der Waals surface area contributed by atoms with E-state index < -0.39 is 26.5 Å². The molecule has 0 amide bonds. The van der Waals surface area contributed by atoms with Crippen LogP contribution in [0.5, 0.6) is 0 Å². The van der Waals surface area contributed by atoms with Crippen molar-refractivity contribution in [2.75, 3.05) is 47.5 Å². The average molecular weight is 1160 g/mol. The smallest absolute Gasteiger partial charge is 0.306 e.